The lowest BCUT2D eigenvalue weighted by Gasteiger charge is -2.17. The Kier molecular flexibility index (Phi) is 4.18. The molecule has 0 atom stereocenters. The van der Waals surface area contributed by atoms with Gasteiger partial charge in [-0.1, -0.05) is 17.4 Å². The molecule has 1 aromatic heterocycles. The molecule has 0 radical (unpaired) electrons. The summed E-state index contributed by atoms with van der Waals surface area (Å²) in [5, 5.41) is 9.40. The third-order valence-corrected chi connectivity index (χ3v) is 4.83. The maximum absolute atomic E-state index is 13.3. The van der Waals surface area contributed by atoms with Gasteiger partial charge >= 0.3 is 12.0 Å². The highest BCUT2D eigenvalue weighted by Gasteiger charge is 2.32. The minimum absolute atomic E-state index is 0.0943. The number of nitrogens with zero attached hydrogens (tertiary/aromatic N) is 3. The van der Waals surface area contributed by atoms with Crippen molar-refractivity contribution in [3.8, 4) is 0 Å². The van der Waals surface area contributed by atoms with E-state index in [-0.39, 0.29) is 17.5 Å². The van der Waals surface area contributed by atoms with Crippen LogP contribution in [0.2, 0.25) is 0 Å². The SMILES string of the molecule is Cc1nc(N2CCN(Cc3ccc(F)c(F)c3)C2=O)sc1C(=O)O. The van der Waals surface area contributed by atoms with E-state index in [1.165, 1.54) is 15.9 Å². The van der Waals surface area contributed by atoms with Gasteiger partial charge < -0.3 is 10.0 Å². The lowest BCUT2D eigenvalue weighted by Crippen LogP contribution is -2.31. The molecule has 1 aromatic carbocycles. The zero-order chi connectivity index (χ0) is 17.4. The first-order chi connectivity index (χ1) is 11.4. The number of aryl methyl sites for hydroxylation is 1. The maximum atomic E-state index is 13.3. The Morgan fingerprint density at radius 1 is 1.33 bits per heavy atom. The molecular formula is C15H13F2N3O3S. The fraction of sp³-hybridized carbons (Fsp3) is 0.267. The van der Waals surface area contributed by atoms with Gasteiger partial charge in [0.2, 0.25) is 0 Å². The molecule has 6 nitrogen and oxygen atoms in total. The molecule has 0 saturated carbocycles. The van der Waals surface area contributed by atoms with Gasteiger partial charge in [-0.15, -0.1) is 0 Å². The molecule has 1 saturated heterocycles. The van der Waals surface area contributed by atoms with Gasteiger partial charge in [-0.05, 0) is 24.6 Å². The van der Waals surface area contributed by atoms with E-state index in [9.17, 15) is 18.4 Å². The molecule has 0 unspecified atom stereocenters. The summed E-state index contributed by atoms with van der Waals surface area (Å²) >= 11 is 0.940. The summed E-state index contributed by atoms with van der Waals surface area (Å²) in [4.78, 5) is 30.6. The first-order valence-electron chi connectivity index (χ1n) is 7.08. The monoisotopic (exact) mass is 353 g/mol. The number of benzene rings is 1. The van der Waals surface area contributed by atoms with E-state index < -0.39 is 17.6 Å². The second-order valence-electron chi connectivity index (χ2n) is 5.32. The molecule has 0 spiro atoms. The van der Waals surface area contributed by atoms with Crippen LogP contribution in [0.5, 0.6) is 0 Å². The third-order valence-electron chi connectivity index (χ3n) is 3.66. The van der Waals surface area contributed by atoms with Gasteiger partial charge in [0.05, 0.1) is 5.69 Å². The number of aromatic nitrogens is 1. The molecule has 24 heavy (non-hydrogen) atoms. The number of anilines is 1. The average molecular weight is 353 g/mol. The molecule has 1 N–H and O–H groups in total. The Morgan fingerprint density at radius 3 is 2.71 bits per heavy atom. The van der Waals surface area contributed by atoms with Gasteiger partial charge in [-0.25, -0.2) is 23.4 Å². The zero-order valence-electron chi connectivity index (χ0n) is 12.6. The number of hydrogen-bond donors (Lipinski definition) is 1. The number of amides is 2. The highest BCUT2D eigenvalue weighted by molar-refractivity contribution is 7.17. The van der Waals surface area contributed by atoms with E-state index in [4.69, 9.17) is 5.11 Å². The van der Waals surface area contributed by atoms with Crippen molar-refractivity contribution in [1.29, 1.82) is 0 Å². The highest BCUT2D eigenvalue weighted by Crippen LogP contribution is 2.29. The number of hydrogen-bond acceptors (Lipinski definition) is 4. The Balaban J connectivity index is 1.76. The summed E-state index contributed by atoms with van der Waals surface area (Å²) in [5.41, 5.74) is 0.833. The molecular weight excluding hydrogens is 340 g/mol. The number of aromatic carboxylic acids is 1. The van der Waals surface area contributed by atoms with Gasteiger partial charge in [0.15, 0.2) is 16.8 Å². The van der Waals surface area contributed by atoms with E-state index in [0.29, 0.717) is 29.5 Å². The van der Waals surface area contributed by atoms with Crippen molar-refractivity contribution >= 4 is 28.5 Å². The summed E-state index contributed by atoms with van der Waals surface area (Å²) in [6.45, 7) is 2.46. The van der Waals surface area contributed by atoms with Crippen molar-refractivity contribution in [3.05, 3.63) is 46.0 Å². The maximum Gasteiger partial charge on any atom is 0.347 e. The van der Waals surface area contributed by atoms with E-state index in [2.05, 4.69) is 4.98 Å². The molecule has 1 aliphatic heterocycles. The molecule has 2 heterocycles. The van der Waals surface area contributed by atoms with Gasteiger partial charge in [0.1, 0.15) is 4.88 Å². The molecule has 0 aliphatic carbocycles. The highest BCUT2D eigenvalue weighted by atomic mass is 32.1. The van der Waals surface area contributed by atoms with Crippen LogP contribution in [-0.2, 0) is 6.54 Å². The predicted octanol–water partition coefficient (Wildman–Crippen LogP) is 2.87. The van der Waals surface area contributed by atoms with E-state index >= 15 is 0 Å². The summed E-state index contributed by atoms with van der Waals surface area (Å²) < 4.78 is 26.2. The Morgan fingerprint density at radius 2 is 2.08 bits per heavy atom. The van der Waals surface area contributed by atoms with Gasteiger partial charge in [0.25, 0.3) is 0 Å². The predicted molar refractivity (Wildman–Crippen MR) is 83.3 cm³/mol. The van der Waals surface area contributed by atoms with E-state index in [1.54, 1.807) is 6.92 Å². The summed E-state index contributed by atoms with van der Waals surface area (Å²) in [6, 6.07) is 3.16. The second kappa shape index (κ2) is 6.16. The van der Waals surface area contributed by atoms with Gasteiger partial charge in [-0.2, -0.15) is 0 Å². The first kappa shape index (κ1) is 16.3. The van der Waals surface area contributed by atoms with Crippen LogP contribution < -0.4 is 4.90 Å². The lowest BCUT2D eigenvalue weighted by molar-refractivity contribution is 0.0701. The number of halogens is 2. The molecule has 3 rings (SSSR count). The molecule has 126 valence electrons. The number of carboxylic acids is 1. The fourth-order valence-electron chi connectivity index (χ4n) is 2.46. The Labute approximate surface area is 140 Å². The molecule has 1 fully saturated rings. The quantitative estimate of drug-likeness (QED) is 0.917. The van der Waals surface area contributed by atoms with Crippen molar-refractivity contribution in [2.24, 2.45) is 0 Å². The number of carboxylic acid groups (broad SMARTS) is 1. The number of carbonyl (C=O) groups excluding carboxylic acids is 1. The average Bonchev–Trinajstić information content (AvgIpc) is 3.07. The van der Waals surface area contributed by atoms with Crippen LogP contribution in [0.1, 0.15) is 20.9 Å². The minimum atomic E-state index is -1.08. The van der Waals surface area contributed by atoms with E-state index in [1.807, 2.05) is 0 Å². The number of carbonyl (C=O) groups is 2. The normalized spacial score (nSPS) is 14.5. The first-order valence-corrected chi connectivity index (χ1v) is 7.89. The summed E-state index contributed by atoms with van der Waals surface area (Å²) in [5.74, 6) is -2.98. The van der Waals surface area contributed by atoms with Crippen LogP contribution in [0.15, 0.2) is 18.2 Å². The largest absolute Gasteiger partial charge is 0.477 e. The van der Waals surface area contributed by atoms with Crippen molar-refractivity contribution in [1.82, 2.24) is 9.88 Å². The van der Waals surface area contributed by atoms with Crippen LogP contribution in [0.4, 0.5) is 18.7 Å². The molecule has 1 aliphatic rings. The number of rotatable bonds is 4. The second-order valence-corrected chi connectivity index (χ2v) is 6.30. The molecule has 0 bridgehead atoms. The zero-order valence-corrected chi connectivity index (χ0v) is 13.4. The van der Waals surface area contributed by atoms with Gasteiger partial charge in [0, 0.05) is 19.6 Å². The number of urea groups is 1. The van der Waals surface area contributed by atoms with Crippen LogP contribution in [0, 0.1) is 18.6 Å². The Bertz CT molecular complexity index is 824. The van der Waals surface area contributed by atoms with Crippen LogP contribution in [0.3, 0.4) is 0 Å². The molecule has 2 amide bonds. The van der Waals surface area contributed by atoms with E-state index in [0.717, 1.165) is 23.5 Å². The molecule has 9 heteroatoms. The smallest absolute Gasteiger partial charge is 0.347 e. The van der Waals surface area contributed by atoms with Crippen LogP contribution in [0.25, 0.3) is 0 Å². The third kappa shape index (κ3) is 2.94. The van der Waals surface area contributed by atoms with Crippen molar-refractivity contribution in [2.75, 3.05) is 18.0 Å². The van der Waals surface area contributed by atoms with Gasteiger partial charge in [-0.3, -0.25) is 4.90 Å². The standard InChI is InChI=1S/C15H13F2N3O3S/c1-8-12(13(21)22)24-14(18-8)20-5-4-19(15(20)23)7-9-2-3-10(16)11(17)6-9/h2-3,6H,4-5,7H2,1H3,(H,21,22). The van der Waals surface area contributed by atoms with Crippen molar-refractivity contribution in [2.45, 2.75) is 13.5 Å². The lowest BCUT2D eigenvalue weighted by atomic mass is 10.2. The minimum Gasteiger partial charge on any atom is -0.477 e. The summed E-state index contributed by atoms with van der Waals surface area (Å²) in [7, 11) is 0. The van der Waals surface area contributed by atoms with Crippen molar-refractivity contribution in [3.63, 3.8) is 0 Å². The number of thiazole rings is 1. The van der Waals surface area contributed by atoms with Crippen molar-refractivity contribution < 1.29 is 23.5 Å². The van der Waals surface area contributed by atoms with Crippen LogP contribution in [-0.4, -0.2) is 40.1 Å². The molecule has 2 aromatic rings. The topological polar surface area (TPSA) is 73.7 Å². The Hall–Kier alpha value is -2.55. The summed E-state index contributed by atoms with van der Waals surface area (Å²) in [6.07, 6.45) is 0. The fourth-order valence-corrected chi connectivity index (χ4v) is 3.39. The van der Waals surface area contributed by atoms with Crippen LogP contribution >= 0.6 is 11.3 Å².